The largest absolute Gasteiger partial charge is 0.382 e. The zero-order valence-corrected chi connectivity index (χ0v) is 8.23. The molecule has 0 fully saturated rings. The van der Waals surface area contributed by atoms with E-state index in [1.165, 1.54) is 0 Å². The van der Waals surface area contributed by atoms with Crippen molar-refractivity contribution in [1.82, 2.24) is 0 Å². The highest BCUT2D eigenvalue weighted by atomic mass is 16.8. The molecule has 0 aliphatic heterocycles. The highest BCUT2D eigenvalue weighted by molar-refractivity contribution is 5.39. The molecule has 0 radical (unpaired) electrons. The highest BCUT2D eigenvalue weighted by Crippen LogP contribution is 2.03. The van der Waals surface area contributed by atoms with Gasteiger partial charge in [0.2, 0.25) is 0 Å². The Morgan fingerprint density at radius 3 is 2.64 bits per heavy atom. The number of anilines is 1. The molecule has 0 amide bonds. The summed E-state index contributed by atoms with van der Waals surface area (Å²) in [6.45, 7) is 1.32. The van der Waals surface area contributed by atoms with Crippen LogP contribution in [-0.4, -0.2) is 27.1 Å². The van der Waals surface area contributed by atoms with Crippen LogP contribution < -0.4 is 5.48 Å². The topological polar surface area (TPSA) is 39.7 Å². The van der Waals surface area contributed by atoms with Crippen LogP contribution in [0.3, 0.4) is 0 Å². The second-order valence-electron chi connectivity index (χ2n) is 2.63. The van der Waals surface area contributed by atoms with Gasteiger partial charge in [0.1, 0.15) is 0 Å². The Bertz CT molecular complexity index is 228. The van der Waals surface area contributed by atoms with Gasteiger partial charge < -0.3 is 9.47 Å². The average molecular weight is 197 g/mol. The van der Waals surface area contributed by atoms with Crippen molar-refractivity contribution < 1.29 is 14.3 Å². The molecule has 1 N–H and O–H groups in total. The predicted octanol–water partition coefficient (Wildman–Crippen LogP) is 1.65. The molecule has 0 bridgehead atoms. The first-order valence-electron chi connectivity index (χ1n) is 4.43. The van der Waals surface area contributed by atoms with E-state index < -0.39 is 0 Å². The summed E-state index contributed by atoms with van der Waals surface area (Å²) in [5.41, 5.74) is 3.66. The van der Waals surface area contributed by atoms with Crippen LogP contribution in [0.5, 0.6) is 0 Å². The first kappa shape index (κ1) is 11.0. The van der Waals surface area contributed by atoms with E-state index in [0.29, 0.717) is 13.2 Å². The molecular weight excluding hydrogens is 182 g/mol. The quantitative estimate of drug-likeness (QED) is 0.410. The Labute approximate surface area is 83.7 Å². The maximum atomic E-state index is 5.09. The molecule has 0 spiro atoms. The zero-order chi connectivity index (χ0) is 10.1. The van der Waals surface area contributed by atoms with Crippen LogP contribution in [0.25, 0.3) is 0 Å². The molecule has 1 aromatic rings. The smallest absolute Gasteiger partial charge is 0.173 e. The molecule has 14 heavy (non-hydrogen) atoms. The lowest BCUT2D eigenvalue weighted by atomic mass is 10.3. The van der Waals surface area contributed by atoms with E-state index in [9.17, 15) is 0 Å². The highest BCUT2D eigenvalue weighted by Gasteiger charge is 1.89. The van der Waals surface area contributed by atoms with Crippen molar-refractivity contribution in [2.75, 3.05) is 32.6 Å². The summed E-state index contributed by atoms with van der Waals surface area (Å²) in [6.07, 6.45) is 0. The Balaban J connectivity index is 1.99. The van der Waals surface area contributed by atoms with Gasteiger partial charge in [-0.2, -0.15) is 0 Å². The van der Waals surface area contributed by atoms with Crippen molar-refractivity contribution >= 4 is 5.69 Å². The number of para-hydroxylation sites is 1. The van der Waals surface area contributed by atoms with E-state index in [4.69, 9.17) is 14.3 Å². The molecule has 1 rings (SSSR count). The first-order chi connectivity index (χ1) is 6.93. The molecule has 0 aliphatic rings. The third-order valence-corrected chi connectivity index (χ3v) is 1.54. The molecule has 1 aromatic carbocycles. The average Bonchev–Trinajstić information content (AvgIpc) is 2.25. The van der Waals surface area contributed by atoms with E-state index in [0.717, 1.165) is 5.69 Å². The van der Waals surface area contributed by atoms with Crippen molar-refractivity contribution in [1.29, 1.82) is 0 Å². The lowest BCUT2D eigenvalue weighted by Gasteiger charge is -2.06. The van der Waals surface area contributed by atoms with Gasteiger partial charge in [-0.25, -0.2) is 4.84 Å². The van der Waals surface area contributed by atoms with Crippen LogP contribution in [0.15, 0.2) is 30.3 Å². The summed E-state index contributed by atoms with van der Waals surface area (Å²) in [5.74, 6) is 0. The molecule has 4 nitrogen and oxygen atoms in total. The summed E-state index contributed by atoms with van der Waals surface area (Å²) in [4.78, 5) is 5.04. The minimum Gasteiger partial charge on any atom is -0.382 e. The Hall–Kier alpha value is -1.10. The van der Waals surface area contributed by atoms with Gasteiger partial charge in [-0.3, -0.25) is 5.48 Å². The van der Waals surface area contributed by atoms with Gasteiger partial charge in [0.15, 0.2) is 6.79 Å². The van der Waals surface area contributed by atoms with Crippen LogP contribution in [0.2, 0.25) is 0 Å². The summed E-state index contributed by atoms with van der Waals surface area (Å²) in [6, 6.07) is 9.62. The molecule has 78 valence electrons. The van der Waals surface area contributed by atoms with Crippen molar-refractivity contribution in [2.45, 2.75) is 0 Å². The Morgan fingerprint density at radius 2 is 1.93 bits per heavy atom. The van der Waals surface area contributed by atoms with Crippen molar-refractivity contribution in [3.63, 3.8) is 0 Å². The minimum atomic E-state index is 0.207. The van der Waals surface area contributed by atoms with Crippen molar-refractivity contribution in [3.05, 3.63) is 30.3 Å². The maximum absolute atomic E-state index is 5.09. The molecule has 0 unspecified atom stereocenters. The normalized spacial score (nSPS) is 10.1. The number of hydrogen-bond donors (Lipinski definition) is 1. The van der Waals surface area contributed by atoms with Gasteiger partial charge in [0, 0.05) is 7.11 Å². The van der Waals surface area contributed by atoms with E-state index in [-0.39, 0.29) is 6.79 Å². The maximum Gasteiger partial charge on any atom is 0.173 e. The molecule has 4 heteroatoms. The van der Waals surface area contributed by atoms with Gasteiger partial charge in [0.05, 0.1) is 18.9 Å². The van der Waals surface area contributed by atoms with Crippen LogP contribution >= 0.6 is 0 Å². The van der Waals surface area contributed by atoms with Crippen LogP contribution in [0.1, 0.15) is 0 Å². The summed E-state index contributed by atoms with van der Waals surface area (Å²) in [7, 11) is 1.63. The number of rotatable bonds is 7. The lowest BCUT2D eigenvalue weighted by molar-refractivity contribution is -0.0464. The SMILES string of the molecule is COCCOCONc1ccccc1. The number of benzene rings is 1. The minimum absolute atomic E-state index is 0.207. The van der Waals surface area contributed by atoms with E-state index in [1.807, 2.05) is 30.3 Å². The Morgan fingerprint density at radius 1 is 1.14 bits per heavy atom. The third-order valence-electron chi connectivity index (χ3n) is 1.54. The molecular formula is C10H15NO3. The molecule has 0 heterocycles. The van der Waals surface area contributed by atoms with E-state index in [2.05, 4.69) is 5.48 Å². The Kier molecular flexibility index (Phi) is 5.74. The van der Waals surface area contributed by atoms with Gasteiger partial charge in [0.25, 0.3) is 0 Å². The van der Waals surface area contributed by atoms with Gasteiger partial charge in [-0.15, -0.1) is 0 Å². The summed E-state index contributed by atoms with van der Waals surface area (Å²) in [5, 5.41) is 0. The molecule has 0 aliphatic carbocycles. The number of nitrogens with one attached hydrogen (secondary N) is 1. The fourth-order valence-corrected chi connectivity index (χ4v) is 0.862. The number of hydrogen-bond acceptors (Lipinski definition) is 4. The fraction of sp³-hybridized carbons (Fsp3) is 0.400. The fourth-order valence-electron chi connectivity index (χ4n) is 0.862. The predicted molar refractivity (Wildman–Crippen MR) is 53.8 cm³/mol. The van der Waals surface area contributed by atoms with E-state index in [1.54, 1.807) is 7.11 Å². The molecule has 0 aromatic heterocycles. The number of ether oxygens (including phenoxy) is 2. The standard InChI is InChI=1S/C10H15NO3/c1-12-7-8-13-9-14-11-10-5-3-2-4-6-10/h2-6,11H,7-9H2,1H3. The van der Waals surface area contributed by atoms with Crippen molar-refractivity contribution in [3.8, 4) is 0 Å². The van der Waals surface area contributed by atoms with Gasteiger partial charge in [-0.05, 0) is 12.1 Å². The van der Waals surface area contributed by atoms with E-state index >= 15 is 0 Å². The summed E-state index contributed by atoms with van der Waals surface area (Å²) >= 11 is 0. The van der Waals surface area contributed by atoms with Crippen LogP contribution in [-0.2, 0) is 14.3 Å². The van der Waals surface area contributed by atoms with Crippen molar-refractivity contribution in [2.24, 2.45) is 0 Å². The first-order valence-corrected chi connectivity index (χ1v) is 4.43. The number of methoxy groups -OCH3 is 1. The third kappa shape index (κ3) is 4.81. The lowest BCUT2D eigenvalue weighted by Crippen LogP contribution is -2.09. The molecule has 0 saturated heterocycles. The monoisotopic (exact) mass is 197 g/mol. The molecule has 0 atom stereocenters. The molecule has 0 saturated carbocycles. The zero-order valence-electron chi connectivity index (χ0n) is 8.23. The van der Waals surface area contributed by atoms with Crippen LogP contribution in [0.4, 0.5) is 5.69 Å². The second kappa shape index (κ2) is 7.32. The summed E-state index contributed by atoms with van der Waals surface area (Å²) < 4.78 is 9.89. The van der Waals surface area contributed by atoms with Gasteiger partial charge >= 0.3 is 0 Å². The second-order valence-corrected chi connectivity index (χ2v) is 2.63. The van der Waals surface area contributed by atoms with Crippen LogP contribution in [0, 0.1) is 0 Å². The van der Waals surface area contributed by atoms with Gasteiger partial charge in [-0.1, -0.05) is 18.2 Å².